The Bertz CT molecular complexity index is 613. The zero-order chi connectivity index (χ0) is 14.5. The molecule has 2 aromatic rings. The second-order valence-electron chi connectivity index (χ2n) is 4.18. The lowest BCUT2D eigenvalue weighted by molar-refractivity contribution is -0.385. The first-order valence-electron chi connectivity index (χ1n) is 6.22. The summed E-state index contributed by atoms with van der Waals surface area (Å²) < 4.78 is 5.21. The predicted molar refractivity (Wildman–Crippen MR) is 77.2 cm³/mol. The van der Waals surface area contributed by atoms with Crippen molar-refractivity contribution in [1.82, 2.24) is 4.98 Å². The van der Waals surface area contributed by atoms with Gasteiger partial charge in [0.1, 0.15) is 16.6 Å². The van der Waals surface area contributed by atoms with Gasteiger partial charge >= 0.3 is 0 Å². The van der Waals surface area contributed by atoms with Crippen LogP contribution in [0.1, 0.15) is 19.1 Å². The summed E-state index contributed by atoms with van der Waals surface area (Å²) in [4.78, 5) is 15.8. The first-order chi connectivity index (χ1) is 9.60. The van der Waals surface area contributed by atoms with Crippen molar-refractivity contribution < 1.29 is 9.34 Å². The minimum Gasteiger partial charge on any atom is -0.468 e. The van der Waals surface area contributed by atoms with E-state index in [0.29, 0.717) is 10.8 Å². The maximum atomic E-state index is 11.0. The Hall–Kier alpha value is -2.02. The van der Waals surface area contributed by atoms with Crippen LogP contribution in [0.2, 0.25) is 0 Å². The van der Waals surface area contributed by atoms with E-state index in [1.54, 1.807) is 6.26 Å². The number of anilines is 1. The number of nitro groups is 1. The summed E-state index contributed by atoms with van der Waals surface area (Å²) in [5, 5.41) is 14.6. The molecule has 0 unspecified atom stereocenters. The number of aromatic nitrogens is 1. The molecule has 6 nitrogen and oxygen atoms in total. The molecule has 0 aliphatic heterocycles. The summed E-state index contributed by atoms with van der Waals surface area (Å²) in [5.74, 6) is 1.29. The van der Waals surface area contributed by atoms with E-state index in [-0.39, 0.29) is 5.69 Å². The van der Waals surface area contributed by atoms with E-state index in [0.717, 1.165) is 23.6 Å². The highest BCUT2D eigenvalue weighted by molar-refractivity contribution is 7.99. The molecule has 0 saturated carbocycles. The molecule has 0 spiro atoms. The second-order valence-corrected chi connectivity index (χ2v) is 5.24. The van der Waals surface area contributed by atoms with Crippen LogP contribution >= 0.6 is 11.8 Å². The van der Waals surface area contributed by atoms with Crippen molar-refractivity contribution >= 4 is 23.3 Å². The van der Waals surface area contributed by atoms with Gasteiger partial charge in [-0.05, 0) is 19.4 Å². The Kier molecular flexibility index (Phi) is 4.62. The van der Waals surface area contributed by atoms with Crippen molar-refractivity contribution in [3.63, 3.8) is 0 Å². The lowest BCUT2D eigenvalue weighted by Gasteiger charge is -2.06. The monoisotopic (exact) mass is 293 g/mol. The lowest BCUT2D eigenvalue weighted by atomic mass is 10.4. The first-order valence-corrected chi connectivity index (χ1v) is 7.04. The molecule has 2 aromatic heterocycles. The van der Waals surface area contributed by atoms with Crippen molar-refractivity contribution in [1.29, 1.82) is 0 Å². The molecule has 0 aromatic carbocycles. The number of rotatable bonds is 6. The highest BCUT2D eigenvalue weighted by Gasteiger charge is 2.13. The normalized spacial score (nSPS) is 10.5. The summed E-state index contributed by atoms with van der Waals surface area (Å²) in [6, 6.07) is 4.73. The van der Waals surface area contributed by atoms with Gasteiger partial charge in [-0.3, -0.25) is 10.1 Å². The van der Waals surface area contributed by atoms with Gasteiger partial charge in [0.05, 0.1) is 22.1 Å². The zero-order valence-electron chi connectivity index (χ0n) is 11.3. The van der Waals surface area contributed by atoms with E-state index >= 15 is 0 Å². The van der Waals surface area contributed by atoms with Gasteiger partial charge < -0.3 is 9.73 Å². The number of nitrogens with zero attached hydrogens (tertiary/aromatic N) is 2. The van der Waals surface area contributed by atoms with Gasteiger partial charge in [0.25, 0.3) is 5.69 Å². The van der Waals surface area contributed by atoms with Crippen molar-refractivity contribution in [2.24, 2.45) is 0 Å². The number of hydrogen-bond acceptors (Lipinski definition) is 6. The van der Waals surface area contributed by atoms with E-state index in [4.69, 9.17) is 4.42 Å². The van der Waals surface area contributed by atoms with Gasteiger partial charge in [0.2, 0.25) is 0 Å². The standard InChI is InChI=1S/C13H15N3O3S/c1-3-5-14-12-7-10(16(17)18)8-13(15-12)20-11-4-6-19-9(11)2/h4,6-8H,3,5H2,1-2H3,(H,14,15). The molecule has 20 heavy (non-hydrogen) atoms. The van der Waals surface area contributed by atoms with Gasteiger partial charge in [-0.2, -0.15) is 0 Å². The maximum Gasteiger partial charge on any atom is 0.275 e. The fraction of sp³-hybridized carbons (Fsp3) is 0.308. The van der Waals surface area contributed by atoms with E-state index in [1.165, 1.54) is 23.9 Å². The molecule has 2 rings (SSSR count). The highest BCUT2D eigenvalue weighted by atomic mass is 32.2. The molecule has 0 atom stereocenters. The predicted octanol–water partition coefficient (Wildman–Crippen LogP) is 3.86. The second kappa shape index (κ2) is 6.42. The number of hydrogen-bond donors (Lipinski definition) is 1. The largest absolute Gasteiger partial charge is 0.468 e. The topological polar surface area (TPSA) is 81.2 Å². The van der Waals surface area contributed by atoms with Crippen LogP contribution in [-0.4, -0.2) is 16.5 Å². The minimum absolute atomic E-state index is 0.0299. The number of nitrogens with one attached hydrogen (secondary N) is 1. The molecule has 0 saturated heterocycles. The van der Waals surface area contributed by atoms with Gasteiger partial charge in [0.15, 0.2) is 0 Å². The zero-order valence-corrected chi connectivity index (χ0v) is 12.1. The smallest absolute Gasteiger partial charge is 0.275 e. The van der Waals surface area contributed by atoms with Gasteiger partial charge in [-0.25, -0.2) is 4.98 Å². The van der Waals surface area contributed by atoms with E-state index in [2.05, 4.69) is 10.3 Å². The SMILES string of the molecule is CCCNc1cc([N+](=O)[O-])cc(Sc2ccoc2C)n1. The van der Waals surface area contributed by atoms with Gasteiger partial charge in [0, 0.05) is 12.6 Å². The van der Waals surface area contributed by atoms with Crippen LogP contribution in [0.5, 0.6) is 0 Å². The van der Waals surface area contributed by atoms with E-state index in [1.807, 2.05) is 19.9 Å². The Morgan fingerprint density at radius 2 is 2.30 bits per heavy atom. The molecule has 0 aliphatic carbocycles. The maximum absolute atomic E-state index is 11.0. The van der Waals surface area contributed by atoms with Gasteiger partial charge in [-0.15, -0.1) is 0 Å². The van der Waals surface area contributed by atoms with E-state index < -0.39 is 4.92 Å². The lowest BCUT2D eigenvalue weighted by Crippen LogP contribution is -2.03. The average molecular weight is 293 g/mol. The van der Waals surface area contributed by atoms with Crippen LogP contribution in [0.15, 0.2) is 38.8 Å². The van der Waals surface area contributed by atoms with Crippen LogP contribution in [0.3, 0.4) is 0 Å². The Labute approximate surface area is 120 Å². The van der Waals surface area contributed by atoms with Crippen LogP contribution < -0.4 is 5.32 Å². The third-order valence-corrected chi connectivity index (χ3v) is 3.64. The van der Waals surface area contributed by atoms with E-state index in [9.17, 15) is 10.1 Å². The van der Waals surface area contributed by atoms with Crippen molar-refractivity contribution in [2.75, 3.05) is 11.9 Å². The number of pyridine rings is 1. The fourth-order valence-corrected chi connectivity index (χ4v) is 2.45. The highest BCUT2D eigenvalue weighted by Crippen LogP contribution is 2.32. The summed E-state index contributed by atoms with van der Waals surface area (Å²) in [7, 11) is 0. The molecular weight excluding hydrogens is 278 g/mol. The molecule has 0 bridgehead atoms. The Morgan fingerprint density at radius 1 is 1.50 bits per heavy atom. The molecule has 0 aliphatic rings. The van der Waals surface area contributed by atoms with Crippen molar-refractivity contribution in [3.8, 4) is 0 Å². The summed E-state index contributed by atoms with van der Waals surface area (Å²) in [6.45, 7) is 4.59. The van der Waals surface area contributed by atoms with Crippen LogP contribution in [0.4, 0.5) is 11.5 Å². The Balaban J connectivity index is 2.29. The third-order valence-electron chi connectivity index (χ3n) is 2.58. The van der Waals surface area contributed by atoms with Gasteiger partial charge in [-0.1, -0.05) is 18.7 Å². The summed E-state index contributed by atoms with van der Waals surface area (Å²) in [6.07, 6.45) is 2.51. The molecule has 1 N–H and O–H groups in total. The summed E-state index contributed by atoms with van der Waals surface area (Å²) >= 11 is 1.35. The van der Waals surface area contributed by atoms with Crippen LogP contribution in [0, 0.1) is 17.0 Å². The molecule has 7 heteroatoms. The molecular formula is C13H15N3O3S. The van der Waals surface area contributed by atoms with Crippen molar-refractivity contribution in [2.45, 2.75) is 30.2 Å². The number of furan rings is 1. The van der Waals surface area contributed by atoms with Crippen LogP contribution in [0.25, 0.3) is 0 Å². The fourth-order valence-electron chi connectivity index (χ4n) is 1.58. The molecule has 0 amide bonds. The first kappa shape index (κ1) is 14.4. The molecule has 0 fully saturated rings. The quantitative estimate of drug-likeness (QED) is 0.643. The molecule has 0 radical (unpaired) electrons. The van der Waals surface area contributed by atoms with Crippen LogP contribution in [-0.2, 0) is 0 Å². The molecule has 106 valence electrons. The van der Waals surface area contributed by atoms with Crippen molar-refractivity contribution in [3.05, 3.63) is 40.3 Å². The number of aryl methyl sites for hydroxylation is 1. The Morgan fingerprint density at radius 3 is 2.90 bits per heavy atom. The molecule has 2 heterocycles. The third kappa shape index (κ3) is 3.51. The average Bonchev–Trinajstić information content (AvgIpc) is 2.81. The minimum atomic E-state index is -0.412. The summed E-state index contributed by atoms with van der Waals surface area (Å²) in [5.41, 5.74) is 0.0299.